The average molecular weight is 276 g/mol. The number of methoxy groups -OCH3 is 1. The van der Waals surface area contributed by atoms with Crippen molar-refractivity contribution in [3.63, 3.8) is 0 Å². The van der Waals surface area contributed by atoms with Crippen LogP contribution in [0.15, 0.2) is 0 Å². The Labute approximate surface area is 112 Å². The first-order valence-corrected chi connectivity index (χ1v) is 8.53. The minimum atomic E-state index is -2.50. The third-order valence-corrected chi connectivity index (χ3v) is 6.89. The van der Waals surface area contributed by atoms with Crippen LogP contribution in [0, 0.1) is 5.41 Å². The molecule has 1 aliphatic rings. The van der Waals surface area contributed by atoms with Crippen molar-refractivity contribution in [2.75, 3.05) is 34.5 Å². The van der Waals surface area contributed by atoms with Gasteiger partial charge in [0.2, 0.25) is 0 Å². The molecule has 0 bridgehead atoms. The monoisotopic (exact) mass is 276 g/mol. The van der Waals surface area contributed by atoms with Crippen molar-refractivity contribution in [3.8, 4) is 0 Å². The van der Waals surface area contributed by atoms with Crippen LogP contribution in [0.2, 0.25) is 5.54 Å². The van der Waals surface area contributed by atoms with E-state index < -0.39 is 8.80 Å². The zero-order valence-corrected chi connectivity index (χ0v) is 13.5. The zero-order chi connectivity index (χ0) is 13.6. The van der Waals surface area contributed by atoms with Gasteiger partial charge in [0.1, 0.15) is 0 Å². The predicted octanol–water partition coefficient (Wildman–Crippen LogP) is 2.85. The minimum absolute atomic E-state index is 0.0112. The third kappa shape index (κ3) is 4.03. The number of hydrogen-bond donors (Lipinski definition) is 0. The molecule has 1 aliphatic carbocycles. The molecule has 5 heteroatoms. The van der Waals surface area contributed by atoms with Gasteiger partial charge in [0.25, 0.3) is 0 Å². The van der Waals surface area contributed by atoms with Crippen LogP contribution in [0.1, 0.15) is 39.5 Å². The number of hydrogen-bond acceptors (Lipinski definition) is 4. The molecule has 0 saturated heterocycles. The molecule has 1 fully saturated rings. The lowest BCUT2D eigenvalue weighted by Gasteiger charge is -2.35. The van der Waals surface area contributed by atoms with E-state index in [1.165, 1.54) is 25.7 Å². The lowest BCUT2D eigenvalue weighted by atomic mass is 9.97. The minimum Gasteiger partial charge on any atom is -0.384 e. The van der Waals surface area contributed by atoms with E-state index in [1.54, 1.807) is 21.3 Å². The van der Waals surface area contributed by atoms with Crippen molar-refractivity contribution in [2.24, 2.45) is 5.41 Å². The largest absolute Gasteiger partial charge is 0.503 e. The van der Waals surface area contributed by atoms with Crippen LogP contribution in [0.4, 0.5) is 0 Å². The Morgan fingerprint density at radius 2 is 1.56 bits per heavy atom. The normalized spacial score (nSPS) is 18.5. The summed E-state index contributed by atoms with van der Waals surface area (Å²) in [5.74, 6) is 0. The Morgan fingerprint density at radius 3 is 2.00 bits per heavy atom. The Bertz CT molecular complexity index is 235. The van der Waals surface area contributed by atoms with Gasteiger partial charge in [0.05, 0.1) is 6.61 Å². The SMILES string of the molecule is COCC(C)(C)CO[Si](OC)(OC)C1CCCC1. The number of rotatable bonds is 8. The fraction of sp³-hybridized carbons (Fsp3) is 1.00. The summed E-state index contributed by atoms with van der Waals surface area (Å²) in [7, 11) is 2.65. The van der Waals surface area contributed by atoms with E-state index in [0.29, 0.717) is 18.8 Å². The summed E-state index contributed by atoms with van der Waals surface area (Å²) in [6, 6.07) is 0. The van der Waals surface area contributed by atoms with Gasteiger partial charge in [-0.25, -0.2) is 0 Å². The van der Waals surface area contributed by atoms with E-state index in [9.17, 15) is 0 Å². The molecule has 0 aromatic rings. The molecule has 1 rings (SSSR count). The molecular formula is C13H28O4Si. The summed E-state index contributed by atoms with van der Waals surface area (Å²) in [6.45, 7) is 5.56. The van der Waals surface area contributed by atoms with Gasteiger partial charge in [-0.3, -0.25) is 0 Å². The molecule has 0 aliphatic heterocycles. The molecule has 0 unspecified atom stereocenters. The third-order valence-electron chi connectivity index (χ3n) is 3.62. The van der Waals surface area contributed by atoms with Crippen LogP contribution < -0.4 is 0 Å². The lowest BCUT2D eigenvalue weighted by Crippen LogP contribution is -2.50. The molecule has 0 amide bonds. The fourth-order valence-electron chi connectivity index (χ4n) is 2.66. The second kappa shape index (κ2) is 7.00. The van der Waals surface area contributed by atoms with Crippen LogP contribution in [0.5, 0.6) is 0 Å². The molecule has 0 heterocycles. The molecule has 108 valence electrons. The van der Waals surface area contributed by atoms with Gasteiger partial charge in [-0.05, 0) is 12.8 Å². The molecule has 1 saturated carbocycles. The molecule has 0 atom stereocenters. The van der Waals surface area contributed by atoms with Crippen LogP contribution in [-0.4, -0.2) is 43.3 Å². The molecule has 0 radical (unpaired) electrons. The van der Waals surface area contributed by atoms with Gasteiger partial charge in [-0.2, -0.15) is 0 Å². The van der Waals surface area contributed by atoms with Crippen molar-refractivity contribution in [1.29, 1.82) is 0 Å². The zero-order valence-electron chi connectivity index (χ0n) is 12.5. The van der Waals surface area contributed by atoms with Gasteiger partial charge in [-0.1, -0.05) is 26.7 Å². The van der Waals surface area contributed by atoms with Gasteiger partial charge < -0.3 is 18.0 Å². The summed E-state index contributed by atoms with van der Waals surface area (Å²) in [6.07, 6.45) is 4.85. The second-order valence-corrected chi connectivity index (χ2v) is 9.01. The van der Waals surface area contributed by atoms with Crippen molar-refractivity contribution in [2.45, 2.75) is 45.1 Å². The standard InChI is InChI=1S/C13H28O4Si/c1-13(2,10-14-3)11-17-18(15-4,16-5)12-8-6-7-9-12/h12H,6-11H2,1-5H3. The van der Waals surface area contributed by atoms with E-state index in [0.717, 1.165) is 0 Å². The molecule has 4 nitrogen and oxygen atoms in total. The van der Waals surface area contributed by atoms with Crippen molar-refractivity contribution >= 4 is 8.80 Å². The Hall–Kier alpha value is 0.0569. The molecular weight excluding hydrogens is 248 g/mol. The van der Waals surface area contributed by atoms with E-state index in [-0.39, 0.29) is 5.41 Å². The van der Waals surface area contributed by atoms with E-state index >= 15 is 0 Å². The highest BCUT2D eigenvalue weighted by Crippen LogP contribution is 2.40. The van der Waals surface area contributed by atoms with Crippen LogP contribution in [0.25, 0.3) is 0 Å². The average Bonchev–Trinajstić information content (AvgIpc) is 2.85. The van der Waals surface area contributed by atoms with Crippen LogP contribution >= 0.6 is 0 Å². The van der Waals surface area contributed by atoms with E-state index in [4.69, 9.17) is 18.0 Å². The Balaban J connectivity index is 2.61. The quantitative estimate of drug-likeness (QED) is 0.639. The highest BCUT2D eigenvalue weighted by Gasteiger charge is 2.49. The lowest BCUT2D eigenvalue weighted by molar-refractivity contribution is 0.0172. The molecule has 0 aromatic carbocycles. The van der Waals surface area contributed by atoms with E-state index in [2.05, 4.69) is 13.8 Å². The summed E-state index contributed by atoms with van der Waals surface area (Å²) in [5, 5.41) is 0. The summed E-state index contributed by atoms with van der Waals surface area (Å²) < 4.78 is 22.8. The Morgan fingerprint density at radius 1 is 1.00 bits per heavy atom. The maximum absolute atomic E-state index is 6.14. The fourth-order valence-corrected chi connectivity index (χ4v) is 5.67. The molecule has 0 aromatic heterocycles. The van der Waals surface area contributed by atoms with Gasteiger partial charge in [0, 0.05) is 38.9 Å². The summed E-state index contributed by atoms with van der Waals surface area (Å²) in [5.41, 5.74) is 0.452. The highest BCUT2D eigenvalue weighted by molar-refractivity contribution is 6.62. The predicted molar refractivity (Wildman–Crippen MR) is 73.6 cm³/mol. The van der Waals surface area contributed by atoms with Gasteiger partial charge in [-0.15, -0.1) is 0 Å². The summed E-state index contributed by atoms with van der Waals surface area (Å²) >= 11 is 0. The summed E-state index contributed by atoms with van der Waals surface area (Å²) in [4.78, 5) is 0. The highest BCUT2D eigenvalue weighted by atomic mass is 28.4. The first kappa shape index (κ1) is 16.1. The van der Waals surface area contributed by atoms with Gasteiger partial charge >= 0.3 is 8.80 Å². The van der Waals surface area contributed by atoms with Crippen molar-refractivity contribution < 1.29 is 18.0 Å². The maximum atomic E-state index is 6.14. The topological polar surface area (TPSA) is 36.9 Å². The van der Waals surface area contributed by atoms with Crippen LogP contribution in [0.3, 0.4) is 0 Å². The smallest absolute Gasteiger partial charge is 0.384 e. The van der Waals surface area contributed by atoms with Crippen molar-refractivity contribution in [3.05, 3.63) is 0 Å². The Kier molecular flexibility index (Phi) is 6.27. The van der Waals surface area contributed by atoms with E-state index in [1.807, 2.05) is 0 Å². The molecule has 0 N–H and O–H groups in total. The molecule has 18 heavy (non-hydrogen) atoms. The van der Waals surface area contributed by atoms with Crippen molar-refractivity contribution in [1.82, 2.24) is 0 Å². The molecule has 0 spiro atoms. The first-order chi connectivity index (χ1) is 8.49. The first-order valence-electron chi connectivity index (χ1n) is 6.73. The maximum Gasteiger partial charge on any atom is 0.503 e. The van der Waals surface area contributed by atoms with Crippen LogP contribution in [-0.2, 0) is 18.0 Å². The van der Waals surface area contributed by atoms with Gasteiger partial charge in [0.15, 0.2) is 0 Å². The second-order valence-electron chi connectivity index (χ2n) is 5.88. The number of ether oxygens (including phenoxy) is 1.